The summed E-state index contributed by atoms with van der Waals surface area (Å²) in [5.74, 6) is -3.85. The molecule has 43 heteroatoms. The van der Waals surface area contributed by atoms with Gasteiger partial charge in [-0.05, 0) is 26.7 Å². The Balaban J connectivity index is 1.56. The summed E-state index contributed by atoms with van der Waals surface area (Å²) in [7, 11) is 0. The van der Waals surface area contributed by atoms with Crippen LogP contribution in [0.1, 0.15) is 118 Å². The summed E-state index contributed by atoms with van der Waals surface area (Å²) in [6.07, 6.45) is -8.98. The molecular formula is C74H137N9O34. The molecule has 0 radical (unpaired) electrons. The first-order valence-corrected chi connectivity index (χ1v) is 40.3. The maximum atomic E-state index is 14.0. The van der Waals surface area contributed by atoms with Crippen molar-refractivity contribution in [1.29, 1.82) is 0 Å². The fourth-order valence-electron chi connectivity index (χ4n) is 12.0. The smallest absolute Gasteiger partial charge is 0.222 e. The molecule has 0 bridgehead atoms. The van der Waals surface area contributed by atoms with Crippen molar-refractivity contribution in [2.45, 2.75) is 221 Å². The molecule has 682 valence electrons. The van der Waals surface area contributed by atoms with E-state index in [0.29, 0.717) is 39.1 Å². The third-order valence-electron chi connectivity index (χ3n) is 18.1. The normalized spacial score (nSPS) is 23.9. The molecule has 0 saturated carbocycles. The van der Waals surface area contributed by atoms with Gasteiger partial charge >= 0.3 is 0 Å². The Hall–Kier alpha value is -5.32. The summed E-state index contributed by atoms with van der Waals surface area (Å²) >= 11 is 0. The lowest BCUT2D eigenvalue weighted by atomic mass is 9.97. The number of aliphatic hydroxyl groups excluding tert-OH is 9. The average Bonchev–Trinajstić information content (AvgIpc) is 0.822. The van der Waals surface area contributed by atoms with E-state index in [0.717, 1.165) is 44.9 Å². The number of amides is 8. The van der Waals surface area contributed by atoms with Crippen molar-refractivity contribution >= 4 is 47.3 Å². The van der Waals surface area contributed by atoms with E-state index >= 15 is 0 Å². The lowest BCUT2D eigenvalue weighted by Crippen LogP contribution is -2.64. The van der Waals surface area contributed by atoms with Crippen molar-refractivity contribution in [3.63, 3.8) is 0 Å². The number of aliphatic hydroxyl groups is 9. The van der Waals surface area contributed by atoms with Gasteiger partial charge in [0.25, 0.3) is 0 Å². The van der Waals surface area contributed by atoms with E-state index in [1.165, 1.54) is 20.8 Å². The molecule has 0 aliphatic carbocycles. The van der Waals surface area contributed by atoms with Crippen LogP contribution in [0.15, 0.2) is 0 Å². The number of unbranched alkanes of at least 4 members (excludes halogenated alkanes) is 7. The molecule has 3 heterocycles. The standard InChI is InChI=1S/C74H137N9O34/c1-50(87)80-61-67(98)64(95)53(44-84)115-70(61)110-41-38-104-35-32-101-28-20-76-57(91)16-24-107-47-74(83-60(94)15-13-11-9-7-6-8-10-12-14-56(90)79-23-31-114-73(4,5)113-27-19-75,48-108-25-17-58(92)77-21-29-102-33-36-105-39-42-111-71-62(81-51(2)88)68(99)65(96)54(45-85)116-71)49-109-26-18-59(93)78-22-30-103-34-37-106-40-43-112-72-63(82-52(3)89)69(100)66(97)55(46-86)117-72/h53-55,61-72,84-86,95-100H,6-49,75H2,1-5H3,(H,76,91)(H,77,92)(H,78,93)(H,79,90)(H,80,87)(H,81,88)(H,82,89)(H,83,94). The van der Waals surface area contributed by atoms with E-state index in [2.05, 4.69) is 42.5 Å². The Kier molecular flexibility index (Phi) is 57.6. The highest BCUT2D eigenvalue weighted by atomic mass is 16.7. The molecule has 3 aliphatic heterocycles. The minimum Gasteiger partial charge on any atom is -0.394 e. The second-order valence-corrected chi connectivity index (χ2v) is 28.4. The van der Waals surface area contributed by atoms with Crippen LogP contribution in [-0.4, -0.2) is 401 Å². The molecule has 0 aromatic rings. The lowest BCUT2D eigenvalue weighted by molar-refractivity contribution is -0.272. The molecule has 3 aliphatic rings. The SMILES string of the molecule is CC(=O)NC1C(OCCOCCOCCNC(=O)CCOCC(COCCC(=O)NCCOCCOCCOC2OC(CO)C(O)C(O)C2NC(C)=O)(COCCC(=O)NCCOCCOCCOC2OC(CO)C(O)C(O)C2NC(C)=O)NC(=O)CCCCCCCCCCC(=O)NCCOC(C)(C)OCCN)OC(CO)C(O)C1O. The maximum Gasteiger partial charge on any atom is 0.222 e. The van der Waals surface area contributed by atoms with Crippen molar-refractivity contribution in [3.8, 4) is 0 Å². The number of ether oxygens (including phenoxy) is 17. The molecule has 19 N–H and O–H groups in total. The molecule has 3 fully saturated rings. The van der Waals surface area contributed by atoms with E-state index < -0.39 is 141 Å². The van der Waals surface area contributed by atoms with Gasteiger partial charge in [0.2, 0.25) is 47.3 Å². The zero-order valence-corrected chi connectivity index (χ0v) is 68.6. The summed E-state index contributed by atoms with van der Waals surface area (Å²) in [5, 5.41) is 113. The fourth-order valence-corrected chi connectivity index (χ4v) is 12.0. The van der Waals surface area contributed by atoms with E-state index in [1.54, 1.807) is 13.8 Å². The minimum absolute atomic E-state index is 0.0351. The summed E-state index contributed by atoms with van der Waals surface area (Å²) < 4.78 is 96.6. The third kappa shape index (κ3) is 47.1. The van der Waals surface area contributed by atoms with E-state index in [4.69, 9.17) is 86.3 Å². The molecule has 0 aromatic carbocycles. The van der Waals surface area contributed by atoms with Gasteiger partial charge in [-0.1, -0.05) is 38.5 Å². The van der Waals surface area contributed by atoms with Gasteiger partial charge in [-0.2, -0.15) is 0 Å². The lowest BCUT2D eigenvalue weighted by Gasteiger charge is -2.42. The Morgan fingerprint density at radius 2 is 0.607 bits per heavy atom. The zero-order valence-electron chi connectivity index (χ0n) is 68.6. The molecule has 43 nitrogen and oxygen atoms in total. The van der Waals surface area contributed by atoms with Crippen molar-refractivity contribution in [2.75, 3.05) is 205 Å². The fraction of sp³-hybridized carbons (Fsp3) is 0.892. The Morgan fingerprint density at radius 3 is 0.915 bits per heavy atom. The van der Waals surface area contributed by atoms with Gasteiger partial charge in [0.15, 0.2) is 24.7 Å². The van der Waals surface area contributed by atoms with Crippen molar-refractivity contribution in [3.05, 3.63) is 0 Å². The molecule has 8 amide bonds. The van der Waals surface area contributed by atoms with Crippen LogP contribution in [0.4, 0.5) is 0 Å². The maximum absolute atomic E-state index is 14.0. The first kappa shape index (κ1) is 106. The summed E-state index contributed by atoms with van der Waals surface area (Å²) in [5.41, 5.74) is 4.10. The van der Waals surface area contributed by atoms with Gasteiger partial charge in [0.05, 0.1) is 172 Å². The summed E-state index contributed by atoms with van der Waals surface area (Å²) in [4.78, 5) is 101. The van der Waals surface area contributed by atoms with Crippen LogP contribution in [0.3, 0.4) is 0 Å². The Morgan fingerprint density at radius 1 is 0.333 bits per heavy atom. The van der Waals surface area contributed by atoms with E-state index in [-0.39, 0.29) is 214 Å². The van der Waals surface area contributed by atoms with Gasteiger partial charge in [-0.3, -0.25) is 38.4 Å². The number of carbonyl (C=O) groups is 8. The molecule has 15 atom stereocenters. The number of nitrogens with one attached hydrogen (secondary N) is 8. The Bertz CT molecular complexity index is 2480. The van der Waals surface area contributed by atoms with Crippen LogP contribution in [0.5, 0.6) is 0 Å². The second-order valence-electron chi connectivity index (χ2n) is 28.4. The van der Waals surface area contributed by atoms with Gasteiger partial charge in [-0.25, -0.2) is 0 Å². The highest BCUT2D eigenvalue weighted by Gasteiger charge is 2.48. The topological polar surface area (TPSA) is 598 Å². The number of carbonyl (C=O) groups excluding carboxylic acids is 8. The number of rotatable bonds is 70. The first-order valence-electron chi connectivity index (χ1n) is 40.3. The van der Waals surface area contributed by atoms with Crippen LogP contribution in [0.25, 0.3) is 0 Å². The van der Waals surface area contributed by atoms with E-state index in [1.807, 2.05) is 0 Å². The largest absolute Gasteiger partial charge is 0.394 e. The van der Waals surface area contributed by atoms with Gasteiger partial charge < -0.3 is 175 Å². The molecule has 3 rings (SSSR count). The molecule has 0 spiro atoms. The molecule has 15 unspecified atom stereocenters. The quantitative estimate of drug-likeness (QED) is 0.0199. The Labute approximate surface area is 683 Å². The molecule has 0 aromatic heterocycles. The third-order valence-corrected chi connectivity index (χ3v) is 18.1. The number of hydrogen-bond donors (Lipinski definition) is 18. The van der Waals surface area contributed by atoms with Crippen LogP contribution < -0.4 is 48.3 Å². The van der Waals surface area contributed by atoms with Crippen LogP contribution in [0, 0.1) is 0 Å². The number of nitrogens with two attached hydrogens (primary N) is 1. The second kappa shape index (κ2) is 63.6. The van der Waals surface area contributed by atoms with Crippen molar-refractivity contribution in [1.82, 2.24) is 42.5 Å². The van der Waals surface area contributed by atoms with Crippen LogP contribution in [-0.2, 0) is 119 Å². The van der Waals surface area contributed by atoms with Gasteiger partial charge in [-0.15, -0.1) is 0 Å². The first-order chi connectivity index (χ1) is 56.2. The van der Waals surface area contributed by atoms with Gasteiger partial charge in [0, 0.05) is 85.6 Å². The zero-order chi connectivity index (χ0) is 86.1. The van der Waals surface area contributed by atoms with Crippen molar-refractivity contribution in [2.24, 2.45) is 5.73 Å². The predicted molar refractivity (Wildman–Crippen MR) is 409 cm³/mol. The van der Waals surface area contributed by atoms with Crippen LogP contribution >= 0.6 is 0 Å². The van der Waals surface area contributed by atoms with Gasteiger partial charge in [0.1, 0.15) is 78.6 Å². The summed E-state index contributed by atoms with van der Waals surface area (Å²) in [6, 6.07) is -3.31. The monoisotopic (exact) mass is 1700 g/mol. The average molecular weight is 1700 g/mol. The number of hydrogen-bond acceptors (Lipinski definition) is 35. The summed E-state index contributed by atoms with van der Waals surface area (Å²) in [6.45, 7) is 7.46. The molecular weight excluding hydrogens is 1560 g/mol. The van der Waals surface area contributed by atoms with Crippen molar-refractivity contribution < 1.29 is 165 Å². The highest BCUT2D eigenvalue weighted by molar-refractivity contribution is 5.78. The van der Waals surface area contributed by atoms with E-state index in [9.17, 15) is 84.3 Å². The minimum atomic E-state index is -1.47. The van der Waals surface area contributed by atoms with Crippen LogP contribution in [0.2, 0.25) is 0 Å². The predicted octanol–water partition coefficient (Wildman–Crippen LogP) is -6.86. The highest BCUT2D eigenvalue weighted by Crippen LogP contribution is 2.26. The molecule has 117 heavy (non-hydrogen) atoms. The molecule has 3 saturated heterocycles.